The highest BCUT2D eigenvalue weighted by molar-refractivity contribution is 8.00. The fourth-order valence-electron chi connectivity index (χ4n) is 3.01. The molecule has 2 aliphatic rings. The van der Waals surface area contributed by atoms with Gasteiger partial charge in [0.1, 0.15) is 12.2 Å². The van der Waals surface area contributed by atoms with E-state index < -0.39 is 5.56 Å². The second kappa shape index (κ2) is 6.74. The molecule has 1 fully saturated rings. The van der Waals surface area contributed by atoms with Crippen LogP contribution in [0.3, 0.4) is 0 Å². The van der Waals surface area contributed by atoms with Crippen molar-refractivity contribution in [2.24, 2.45) is 0 Å². The summed E-state index contributed by atoms with van der Waals surface area (Å²) in [7, 11) is 1.58. The van der Waals surface area contributed by atoms with Crippen LogP contribution in [0.5, 0.6) is 0 Å². The third kappa shape index (κ3) is 3.41. The van der Waals surface area contributed by atoms with Crippen LogP contribution < -0.4 is 15.8 Å². The maximum Gasteiger partial charge on any atom is 0.292 e. The van der Waals surface area contributed by atoms with E-state index in [1.54, 1.807) is 13.2 Å². The van der Waals surface area contributed by atoms with Crippen molar-refractivity contribution in [1.82, 2.24) is 15.1 Å². The molecule has 1 aliphatic heterocycles. The van der Waals surface area contributed by atoms with E-state index in [2.05, 4.69) is 10.4 Å². The summed E-state index contributed by atoms with van der Waals surface area (Å²) in [6.45, 7) is -0.116. The second-order valence-electron chi connectivity index (χ2n) is 5.96. The van der Waals surface area contributed by atoms with E-state index in [1.807, 2.05) is 0 Å². The fourth-order valence-corrected chi connectivity index (χ4v) is 3.96. The fraction of sp³-hybridized carbons (Fsp3) is 0.600. The van der Waals surface area contributed by atoms with Gasteiger partial charge in [-0.25, -0.2) is 4.68 Å². The summed E-state index contributed by atoms with van der Waals surface area (Å²) in [6.07, 6.45) is 7.02. The third-order valence-electron chi connectivity index (χ3n) is 4.31. The van der Waals surface area contributed by atoms with Crippen molar-refractivity contribution >= 4 is 29.3 Å². The van der Waals surface area contributed by atoms with Crippen molar-refractivity contribution in [2.75, 3.05) is 17.7 Å². The molecule has 23 heavy (non-hydrogen) atoms. The summed E-state index contributed by atoms with van der Waals surface area (Å²) in [5.41, 5.74) is -0.0870. The number of carbonyl (C=O) groups excluding carboxylic acids is 2. The Hall–Kier alpha value is -1.83. The maximum absolute atomic E-state index is 12.5. The van der Waals surface area contributed by atoms with Crippen molar-refractivity contribution in [3.05, 3.63) is 16.6 Å². The quantitative estimate of drug-likeness (QED) is 0.881. The number of thioether (sulfide) groups is 1. The van der Waals surface area contributed by atoms with Gasteiger partial charge in [-0.05, 0) is 12.8 Å². The Morgan fingerprint density at radius 3 is 2.83 bits per heavy atom. The molecular weight excluding hydrogens is 316 g/mol. The van der Waals surface area contributed by atoms with Crippen LogP contribution in [0.4, 0.5) is 5.69 Å². The summed E-state index contributed by atoms with van der Waals surface area (Å²) in [6, 6.07) is 0.199. The van der Waals surface area contributed by atoms with Crippen molar-refractivity contribution < 1.29 is 9.59 Å². The highest BCUT2D eigenvalue weighted by Crippen LogP contribution is 2.30. The van der Waals surface area contributed by atoms with E-state index in [9.17, 15) is 14.4 Å². The third-order valence-corrected chi connectivity index (χ3v) is 5.31. The average molecular weight is 336 g/mol. The van der Waals surface area contributed by atoms with Gasteiger partial charge in [0.15, 0.2) is 0 Å². The Morgan fingerprint density at radius 1 is 1.35 bits per heavy atom. The standard InChI is InChI=1S/C15H20N4O3S/c1-18-13(21)9-23-11-7-16-19(15(22)14(11)18)8-12(20)17-10-5-3-2-4-6-10/h7,10H,2-6,8-9H2,1H3,(H,17,20). The number of anilines is 1. The molecule has 8 heteroatoms. The number of nitrogens with one attached hydrogen (secondary N) is 1. The van der Waals surface area contributed by atoms with Gasteiger partial charge in [0, 0.05) is 13.1 Å². The van der Waals surface area contributed by atoms with E-state index in [1.165, 1.54) is 23.1 Å². The Kier molecular flexibility index (Phi) is 4.70. The Labute approximate surface area is 138 Å². The molecule has 1 aromatic rings. The van der Waals surface area contributed by atoms with Crippen LogP contribution in [0.25, 0.3) is 0 Å². The molecule has 2 amide bonds. The van der Waals surface area contributed by atoms with Gasteiger partial charge in [-0.15, -0.1) is 11.8 Å². The average Bonchev–Trinajstić information content (AvgIpc) is 2.54. The van der Waals surface area contributed by atoms with E-state index in [4.69, 9.17) is 0 Å². The van der Waals surface area contributed by atoms with Gasteiger partial charge in [-0.1, -0.05) is 19.3 Å². The summed E-state index contributed by atoms with van der Waals surface area (Å²) in [4.78, 5) is 38.5. The van der Waals surface area contributed by atoms with Gasteiger partial charge in [0.2, 0.25) is 11.8 Å². The number of fused-ring (bicyclic) bond motifs is 1. The summed E-state index contributed by atoms with van der Waals surface area (Å²) in [5.74, 6) is -0.0236. The van der Waals surface area contributed by atoms with Crippen molar-refractivity contribution in [2.45, 2.75) is 49.6 Å². The molecule has 0 saturated heterocycles. The first-order chi connectivity index (χ1) is 11.1. The van der Waals surface area contributed by atoms with E-state index >= 15 is 0 Å². The molecule has 7 nitrogen and oxygen atoms in total. The number of carbonyl (C=O) groups is 2. The summed E-state index contributed by atoms with van der Waals surface area (Å²) in [5, 5.41) is 7.04. The van der Waals surface area contributed by atoms with Crippen LogP contribution in [0.2, 0.25) is 0 Å². The predicted molar refractivity (Wildman–Crippen MR) is 87.6 cm³/mol. The minimum atomic E-state index is -0.399. The van der Waals surface area contributed by atoms with Gasteiger partial charge in [0.25, 0.3) is 5.56 Å². The zero-order chi connectivity index (χ0) is 16.4. The molecule has 0 radical (unpaired) electrons. The van der Waals surface area contributed by atoms with Crippen LogP contribution in [-0.4, -0.2) is 40.4 Å². The van der Waals surface area contributed by atoms with Gasteiger partial charge >= 0.3 is 0 Å². The highest BCUT2D eigenvalue weighted by atomic mass is 32.2. The Balaban J connectivity index is 1.74. The maximum atomic E-state index is 12.5. The van der Waals surface area contributed by atoms with Gasteiger partial charge in [0.05, 0.1) is 16.8 Å². The molecule has 0 bridgehead atoms. The molecule has 0 spiro atoms. The molecule has 3 rings (SSSR count). The van der Waals surface area contributed by atoms with E-state index in [0.29, 0.717) is 16.3 Å². The molecule has 124 valence electrons. The van der Waals surface area contributed by atoms with Crippen molar-refractivity contribution in [1.29, 1.82) is 0 Å². The topological polar surface area (TPSA) is 84.3 Å². The molecule has 1 N–H and O–H groups in total. The second-order valence-corrected chi connectivity index (χ2v) is 6.98. The molecule has 1 saturated carbocycles. The van der Waals surface area contributed by atoms with Gasteiger partial charge in [-0.2, -0.15) is 5.10 Å². The van der Waals surface area contributed by atoms with Crippen molar-refractivity contribution in [3.63, 3.8) is 0 Å². The van der Waals surface area contributed by atoms with Crippen molar-refractivity contribution in [3.8, 4) is 0 Å². The normalized spacial score (nSPS) is 18.7. The number of nitrogens with zero attached hydrogens (tertiary/aromatic N) is 3. The monoisotopic (exact) mass is 336 g/mol. The summed E-state index contributed by atoms with van der Waals surface area (Å²) < 4.78 is 1.13. The first kappa shape index (κ1) is 16.0. The zero-order valence-corrected chi connectivity index (χ0v) is 13.9. The number of amides is 2. The largest absolute Gasteiger partial charge is 0.352 e. The van der Waals surface area contributed by atoms with Crippen LogP contribution >= 0.6 is 11.8 Å². The highest BCUT2D eigenvalue weighted by Gasteiger charge is 2.26. The first-order valence-electron chi connectivity index (χ1n) is 7.85. The Morgan fingerprint density at radius 2 is 2.09 bits per heavy atom. The lowest BCUT2D eigenvalue weighted by Gasteiger charge is -2.25. The minimum Gasteiger partial charge on any atom is -0.352 e. The molecule has 0 aromatic carbocycles. The molecule has 1 aliphatic carbocycles. The molecule has 1 aromatic heterocycles. The molecule has 0 unspecified atom stereocenters. The predicted octanol–water partition coefficient (Wildman–Crippen LogP) is 0.761. The number of hydrogen-bond acceptors (Lipinski definition) is 5. The molecule has 0 atom stereocenters. The smallest absolute Gasteiger partial charge is 0.292 e. The SMILES string of the molecule is CN1C(=O)CSc2cnn(CC(=O)NC3CCCCC3)c(=O)c21. The lowest BCUT2D eigenvalue weighted by atomic mass is 9.95. The number of hydrogen-bond donors (Lipinski definition) is 1. The number of aromatic nitrogens is 2. The lowest BCUT2D eigenvalue weighted by molar-refractivity contribution is -0.122. The van der Waals surface area contributed by atoms with Crippen LogP contribution in [0.15, 0.2) is 15.9 Å². The van der Waals surface area contributed by atoms with Gasteiger partial charge in [-0.3, -0.25) is 14.4 Å². The van der Waals surface area contributed by atoms with Crippen LogP contribution in [0, 0.1) is 0 Å². The van der Waals surface area contributed by atoms with Crippen LogP contribution in [-0.2, 0) is 16.1 Å². The minimum absolute atomic E-state index is 0.116. The van der Waals surface area contributed by atoms with Gasteiger partial charge < -0.3 is 10.2 Å². The first-order valence-corrected chi connectivity index (χ1v) is 8.83. The van der Waals surface area contributed by atoms with Crippen LogP contribution in [0.1, 0.15) is 32.1 Å². The van der Waals surface area contributed by atoms with E-state index in [-0.39, 0.29) is 24.4 Å². The zero-order valence-electron chi connectivity index (χ0n) is 13.1. The molecular formula is C15H20N4O3S. The van der Waals surface area contributed by atoms with E-state index in [0.717, 1.165) is 30.4 Å². The Bertz CT molecular complexity index is 682. The lowest BCUT2D eigenvalue weighted by Crippen LogP contribution is -2.43. The number of rotatable bonds is 3. The molecule has 2 heterocycles. The summed E-state index contributed by atoms with van der Waals surface area (Å²) >= 11 is 1.30.